The molecule has 0 bridgehead atoms. The van der Waals surface area contributed by atoms with Gasteiger partial charge in [0.2, 0.25) is 0 Å². The maximum absolute atomic E-state index is 13.1. The minimum Gasteiger partial charge on any atom is -0.463 e. The van der Waals surface area contributed by atoms with Crippen molar-refractivity contribution in [1.29, 1.82) is 0 Å². The van der Waals surface area contributed by atoms with Crippen LogP contribution in [-0.2, 0) is 55.8 Å². The van der Waals surface area contributed by atoms with Crippen molar-refractivity contribution < 1.29 is 75.8 Å². The van der Waals surface area contributed by atoms with Crippen LogP contribution in [0.1, 0.15) is 445 Å². The Balaban J connectivity index is 4.61. The van der Waals surface area contributed by atoms with E-state index in [0.717, 1.165) is 180 Å². The Morgan fingerprint density at radius 1 is 0.221 bits per heavy atom. The molecule has 16 nitrogen and oxygen atoms in total. The molecule has 0 saturated carbocycles. The Hall–Kier alpha value is -5.61. The number of hydrogen-bond acceptors (Lipinski definition) is 14. The zero-order valence-corrected chi connectivity index (χ0v) is 85.0. The van der Waals surface area contributed by atoms with E-state index in [2.05, 4.69) is 215 Å². The van der Waals surface area contributed by atoms with Crippen LogP contribution in [0.25, 0.3) is 0 Å². The van der Waals surface area contributed by atoms with Crippen LogP contribution in [0.4, 0.5) is 0 Å². The number of phosphoric acid groups is 2. The standard InChI is InChI=1S/C113H192O16P2/c1-4-7-10-13-16-19-22-25-28-31-34-37-40-43-46-49-51-52-53-54-56-59-60-63-66-69-72-75-78-81-84-87-90-93-96-99-111(116)123-102-108(114)103-125-130(119,120)126-104-109(115)105-127-131(121,122)128-107-110(129-113(118)101-98-95-92-89-86-83-80-77-74-71-68-65-62-57-48-45-42-39-36-33-30-27-24-21-18-15-12-9-6-3)106-124-112(117)100-97-94-91-88-85-82-79-76-73-70-67-64-61-58-55-50-47-44-41-38-35-32-29-26-23-20-17-14-11-8-5-2/h7-8,10-11,16-21,25-30,34-39,43-48,51-52,55,58,108-110,114-115H,4-6,9,12-15,22-24,31-33,40-42,49-50,53-54,56-57,59-107H2,1-3H3,(H,119,120)(H,121,122)/b10-7-,11-8-,19-16-,20-17-,21-18-,28-25-,29-26-,30-27-,37-34-,38-35-,39-36-,46-43-,47-44-,48-45-,52-51-,58-55-. The molecule has 131 heavy (non-hydrogen) atoms. The lowest BCUT2D eigenvalue weighted by Gasteiger charge is -2.21. The Morgan fingerprint density at radius 3 is 0.641 bits per heavy atom. The molecule has 0 aliphatic heterocycles. The van der Waals surface area contributed by atoms with Crippen molar-refractivity contribution in [3.63, 3.8) is 0 Å². The van der Waals surface area contributed by atoms with Crippen LogP contribution in [0.3, 0.4) is 0 Å². The van der Waals surface area contributed by atoms with Crippen molar-refractivity contribution in [3.8, 4) is 0 Å². The average molecular weight is 1870 g/mol. The molecule has 0 amide bonds. The number of aliphatic hydroxyl groups excluding tert-OH is 2. The molecule has 0 aliphatic rings. The molecule has 750 valence electrons. The van der Waals surface area contributed by atoms with Crippen LogP contribution >= 0.6 is 15.6 Å². The Morgan fingerprint density at radius 2 is 0.405 bits per heavy atom. The van der Waals surface area contributed by atoms with Gasteiger partial charge < -0.3 is 34.2 Å². The van der Waals surface area contributed by atoms with Gasteiger partial charge in [-0.15, -0.1) is 0 Å². The Labute approximate surface area is 801 Å². The van der Waals surface area contributed by atoms with E-state index < -0.39 is 91.5 Å². The Bertz CT molecular complexity index is 3160. The highest BCUT2D eigenvalue weighted by atomic mass is 31.2. The topological polar surface area (TPSA) is 231 Å². The molecule has 0 rings (SSSR count). The number of carbonyl (C=O) groups is 3. The van der Waals surface area contributed by atoms with Gasteiger partial charge in [-0.2, -0.15) is 0 Å². The summed E-state index contributed by atoms with van der Waals surface area (Å²) in [5, 5.41) is 20.8. The highest BCUT2D eigenvalue weighted by molar-refractivity contribution is 7.47. The quantitative estimate of drug-likeness (QED) is 0.0146. The van der Waals surface area contributed by atoms with Gasteiger partial charge in [-0.05, 0) is 167 Å². The minimum atomic E-state index is -4.95. The average Bonchev–Trinajstić information content (AvgIpc) is 0.896. The van der Waals surface area contributed by atoms with E-state index in [4.69, 9.17) is 32.3 Å². The van der Waals surface area contributed by atoms with E-state index in [1.54, 1.807) is 0 Å². The zero-order valence-electron chi connectivity index (χ0n) is 83.2. The first kappa shape index (κ1) is 125. The predicted octanol–water partition coefficient (Wildman–Crippen LogP) is 33.7. The molecule has 0 aliphatic carbocycles. The molecule has 5 unspecified atom stereocenters. The summed E-state index contributed by atoms with van der Waals surface area (Å²) in [6, 6.07) is 0. The number of aliphatic hydroxyl groups is 2. The van der Waals surface area contributed by atoms with Gasteiger partial charge in [0.15, 0.2) is 6.10 Å². The van der Waals surface area contributed by atoms with E-state index in [1.807, 2.05) is 0 Å². The number of rotatable bonds is 99. The lowest BCUT2D eigenvalue weighted by molar-refractivity contribution is -0.161. The highest BCUT2D eigenvalue weighted by Crippen LogP contribution is 2.45. The van der Waals surface area contributed by atoms with Gasteiger partial charge >= 0.3 is 33.6 Å². The van der Waals surface area contributed by atoms with Crippen molar-refractivity contribution in [1.82, 2.24) is 0 Å². The lowest BCUT2D eigenvalue weighted by Crippen LogP contribution is -2.30. The molecule has 5 atom stereocenters. The summed E-state index contributed by atoms with van der Waals surface area (Å²) in [7, 11) is -9.82. The van der Waals surface area contributed by atoms with Gasteiger partial charge in [-0.1, -0.05) is 453 Å². The van der Waals surface area contributed by atoms with Crippen LogP contribution in [0, 0.1) is 0 Å². The predicted molar refractivity (Wildman–Crippen MR) is 555 cm³/mol. The first-order valence-corrected chi connectivity index (χ1v) is 55.7. The molecular weight excluding hydrogens is 1680 g/mol. The third-order valence-electron chi connectivity index (χ3n) is 22.3. The van der Waals surface area contributed by atoms with E-state index in [0.29, 0.717) is 19.3 Å². The van der Waals surface area contributed by atoms with Gasteiger partial charge in [-0.25, -0.2) is 9.13 Å². The van der Waals surface area contributed by atoms with Crippen LogP contribution in [-0.4, -0.2) is 95.9 Å². The molecule has 0 spiro atoms. The Kier molecular flexibility index (Phi) is 98.9. The fourth-order valence-electron chi connectivity index (χ4n) is 14.4. The minimum absolute atomic E-state index is 0.0987. The first-order chi connectivity index (χ1) is 64.2. The third kappa shape index (κ3) is 105. The molecule has 0 aromatic carbocycles. The summed E-state index contributed by atoms with van der Waals surface area (Å²) < 4.78 is 61.8. The molecule has 0 fully saturated rings. The largest absolute Gasteiger partial charge is 0.472 e. The number of carbonyl (C=O) groups excluding carboxylic acids is 3. The molecule has 0 saturated heterocycles. The van der Waals surface area contributed by atoms with Crippen LogP contribution in [0.15, 0.2) is 194 Å². The number of allylic oxidation sites excluding steroid dienone is 32. The second-order valence-electron chi connectivity index (χ2n) is 34.9. The normalized spacial score (nSPS) is 14.4. The number of hydrogen-bond donors (Lipinski definition) is 4. The molecule has 0 aromatic rings. The number of phosphoric ester groups is 2. The van der Waals surface area contributed by atoms with Crippen molar-refractivity contribution in [3.05, 3.63) is 194 Å². The maximum Gasteiger partial charge on any atom is 0.472 e. The monoisotopic (exact) mass is 1870 g/mol. The molecule has 0 radical (unpaired) electrons. The van der Waals surface area contributed by atoms with Gasteiger partial charge in [0.05, 0.1) is 26.4 Å². The molecular formula is C113H192O16P2. The molecule has 18 heteroatoms. The second kappa shape index (κ2) is 103. The van der Waals surface area contributed by atoms with E-state index in [1.165, 1.54) is 205 Å². The smallest absolute Gasteiger partial charge is 0.463 e. The SMILES string of the molecule is CC/C=C\C/C=C\C/C=C\C/C=C\C/C=C\C/C=C\CCCCCCCCCCCCCCCCCCC(=O)OCC(O)COP(=O)(O)OCC(O)COP(=O)(O)OCC(COC(=O)CCCCCCCCCCCCCC/C=C\C/C=C\C/C=C\C/C=C\C/C=C\C/C=C\CC)OC(=O)CCCCCCCCCCCCCCC/C=C\C/C=C\C/C=C\C/C=C\CCCCC. The van der Waals surface area contributed by atoms with E-state index in [9.17, 15) is 43.5 Å². The number of esters is 3. The van der Waals surface area contributed by atoms with E-state index >= 15 is 0 Å². The van der Waals surface area contributed by atoms with Gasteiger partial charge in [0.1, 0.15) is 25.4 Å². The molecule has 0 aromatic heterocycles. The number of ether oxygens (including phenoxy) is 3. The van der Waals surface area contributed by atoms with Crippen molar-refractivity contribution in [2.75, 3.05) is 39.6 Å². The van der Waals surface area contributed by atoms with Crippen LogP contribution in [0.2, 0.25) is 0 Å². The summed E-state index contributed by atoms with van der Waals surface area (Å²) >= 11 is 0. The fraction of sp³-hybridized carbons (Fsp3) is 0.690. The molecule has 4 N–H and O–H groups in total. The summed E-state index contributed by atoms with van der Waals surface area (Å²) in [4.78, 5) is 59.3. The summed E-state index contributed by atoms with van der Waals surface area (Å²) in [6.45, 7) is 2.49. The van der Waals surface area contributed by atoms with Crippen LogP contribution < -0.4 is 0 Å². The third-order valence-corrected chi connectivity index (χ3v) is 24.2. The van der Waals surface area contributed by atoms with Gasteiger partial charge in [0.25, 0.3) is 0 Å². The van der Waals surface area contributed by atoms with Crippen molar-refractivity contribution >= 4 is 33.6 Å². The zero-order chi connectivity index (χ0) is 95.0. The highest BCUT2D eigenvalue weighted by Gasteiger charge is 2.30. The summed E-state index contributed by atoms with van der Waals surface area (Å²) in [6.07, 6.45) is 139. The van der Waals surface area contributed by atoms with Gasteiger partial charge in [0, 0.05) is 19.3 Å². The molecule has 0 heterocycles. The van der Waals surface area contributed by atoms with Gasteiger partial charge in [-0.3, -0.25) is 32.5 Å². The fourth-order valence-corrected chi connectivity index (χ4v) is 16.0. The van der Waals surface area contributed by atoms with Crippen LogP contribution in [0.5, 0.6) is 0 Å². The second-order valence-corrected chi connectivity index (χ2v) is 37.8. The van der Waals surface area contributed by atoms with Crippen molar-refractivity contribution in [2.24, 2.45) is 0 Å². The lowest BCUT2D eigenvalue weighted by atomic mass is 10.0. The summed E-state index contributed by atoms with van der Waals surface area (Å²) in [5.41, 5.74) is 0. The van der Waals surface area contributed by atoms with E-state index in [-0.39, 0.29) is 19.3 Å². The maximum atomic E-state index is 13.1. The van der Waals surface area contributed by atoms with Crippen molar-refractivity contribution in [2.45, 2.75) is 463 Å². The number of unbranched alkanes of at least 4 members (excludes halogenated alkanes) is 44. The summed E-state index contributed by atoms with van der Waals surface area (Å²) in [5.74, 6) is -1.56. The first-order valence-electron chi connectivity index (χ1n) is 52.7.